The van der Waals surface area contributed by atoms with Crippen molar-refractivity contribution < 1.29 is 4.79 Å². The van der Waals surface area contributed by atoms with Crippen molar-refractivity contribution in [2.24, 2.45) is 16.5 Å². The summed E-state index contributed by atoms with van der Waals surface area (Å²) in [7, 11) is 0. The molecule has 1 heterocycles. The third-order valence-corrected chi connectivity index (χ3v) is 6.74. The molecule has 8 heteroatoms. The lowest BCUT2D eigenvalue weighted by atomic mass is 9.90. The van der Waals surface area contributed by atoms with Crippen LogP contribution in [-0.2, 0) is 6.54 Å². The summed E-state index contributed by atoms with van der Waals surface area (Å²) in [6.45, 7) is 2.41. The number of fused-ring (bicyclic) bond motifs is 2. The highest BCUT2D eigenvalue weighted by Gasteiger charge is 2.26. The second kappa shape index (κ2) is 10.2. The highest BCUT2D eigenvalue weighted by atomic mass is 16.2. The Hall–Kier alpha value is -4.20. The zero-order chi connectivity index (χ0) is 25.1. The number of aliphatic imine (C=N–C) groups is 1. The van der Waals surface area contributed by atoms with E-state index in [0.29, 0.717) is 17.9 Å². The van der Waals surface area contributed by atoms with Crippen LogP contribution in [0.5, 0.6) is 0 Å². The van der Waals surface area contributed by atoms with E-state index >= 15 is 0 Å². The SMILES string of the molecule is Cc1ccc2nc(C(=O)NCc3cccc4ccccc34)nc(NC3CCCCC3N=C(N)N)c2c1. The van der Waals surface area contributed by atoms with E-state index in [1.165, 1.54) is 0 Å². The first-order valence-electron chi connectivity index (χ1n) is 12.4. The Balaban J connectivity index is 1.44. The molecule has 0 radical (unpaired) electrons. The van der Waals surface area contributed by atoms with Crippen molar-refractivity contribution in [1.29, 1.82) is 0 Å². The van der Waals surface area contributed by atoms with Crippen molar-refractivity contribution in [3.05, 3.63) is 77.6 Å². The molecule has 36 heavy (non-hydrogen) atoms. The van der Waals surface area contributed by atoms with Crippen LogP contribution in [0.15, 0.2) is 65.7 Å². The second-order valence-corrected chi connectivity index (χ2v) is 9.39. The van der Waals surface area contributed by atoms with Gasteiger partial charge in [-0.1, -0.05) is 66.9 Å². The van der Waals surface area contributed by atoms with Gasteiger partial charge < -0.3 is 22.1 Å². The van der Waals surface area contributed by atoms with E-state index in [9.17, 15) is 4.79 Å². The third kappa shape index (κ3) is 5.07. The topological polar surface area (TPSA) is 131 Å². The number of amides is 1. The molecular formula is C28H31N7O. The highest BCUT2D eigenvalue weighted by Crippen LogP contribution is 2.28. The maximum atomic E-state index is 13.2. The standard InChI is InChI=1S/C28H31N7O/c1-17-13-14-22-21(15-17)25(33-23-11-4-5-12-24(23)34-28(29)30)35-26(32-22)27(36)31-16-19-9-6-8-18-7-2-3-10-20(18)19/h2-3,6-10,13-15,23-24H,4-5,11-12,16H2,1H3,(H,31,36)(H4,29,30,34)(H,32,33,35). The Morgan fingerprint density at radius 2 is 1.81 bits per heavy atom. The van der Waals surface area contributed by atoms with Gasteiger partial charge in [0, 0.05) is 11.9 Å². The van der Waals surface area contributed by atoms with Crippen LogP contribution in [-0.4, -0.2) is 33.9 Å². The van der Waals surface area contributed by atoms with Crippen molar-refractivity contribution >= 4 is 39.4 Å². The second-order valence-electron chi connectivity index (χ2n) is 9.39. The number of hydrogen-bond donors (Lipinski definition) is 4. The van der Waals surface area contributed by atoms with Gasteiger partial charge in [0.1, 0.15) is 5.82 Å². The molecule has 0 spiro atoms. The molecule has 2 unspecified atom stereocenters. The van der Waals surface area contributed by atoms with Crippen LogP contribution in [0.4, 0.5) is 5.82 Å². The van der Waals surface area contributed by atoms with Crippen LogP contribution in [0, 0.1) is 6.92 Å². The normalized spacial score (nSPS) is 17.6. The average Bonchev–Trinajstić information content (AvgIpc) is 2.88. The number of rotatable bonds is 6. The fourth-order valence-corrected chi connectivity index (χ4v) is 4.96. The maximum Gasteiger partial charge on any atom is 0.289 e. The van der Waals surface area contributed by atoms with Crippen molar-refractivity contribution in [2.75, 3.05) is 5.32 Å². The summed E-state index contributed by atoms with van der Waals surface area (Å²) in [5.41, 5.74) is 14.2. The highest BCUT2D eigenvalue weighted by molar-refractivity contribution is 5.97. The maximum absolute atomic E-state index is 13.2. The van der Waals surface area contributed by atoms with Gasteiger partial charge in [0.05, 0.1) is 17.6 Å². The summed E-state index contributed by atoms with van der Waals surface area (Å²) in [6, 6.07) is 20.1. The van der Waals surface area contributed by atoms with Crippen molar-refractivity contribution in [3.8, 4) is 0 Å². The van der Waals surface area contributed by atoms with Gasteiger partial charge in [-0.05, 0) is 48.2 Å². The number of carbonyl (C=O) groups is 1. The van der Waals surface area contributed by atoms with E-state index in [1.54, 1.807) is 0 Å². The van der Waals surface area contributed by atoms with Gasteiger partial charge in [0.15, 0.2) is 5.96 Å². The minimum Gasteiger partial charge on any atom is -0.370 e. The van der Waals surface area contributed by atoms with Gasteiger partial charge in [0.2, 0.25) is 5.82 Å². The molecule has 184 valence electrons. The van der Waals surface area contributed by atoms with Crippen LogP contribution in [0.3, 0.4) is 0 Å². The number of benzene rings is 3. The fraction of sp³-hybridized carbons (Fsp3) is 0.286. The Bertz CT molecular complexity index is 1440. The fourth-order valence-electron chi connectivity index (χ4n) is 4.96. The van der Waals surface area contributed by atoms with Gasteiger partial charge in [0.25, 0.3) is 5.91 Å². The largest absolute Gasteiger partial charge is 0.370 e. The van der Waals surface area contributed by atoms with Gasteiger partial charge in [-0.15, -0.1) is 0 Å². The van der Waals surface area contributed by atoms with Crippen molar-refractivity contribution in [1.82, 2.24) is 15.3 Å². The predicted octanol–water partition coefficient (Wildman–Crippen LogP) is 4.02. The summed E-state index contributed by atoms with van der Waals surface area (Å²) >= 11 is 0. The first-order chi connectivity index (χ1) is 17.5. The Kier molecular flexibility index (Phi) is 6.66. The van der Waals surface area contributed by atoms with E-state index in [1.807, 2.05) is 49.4 Å². The number of hydrogen-bond acceptors (Lipinski definition) is 5. The third-order valence-electron chi connectivity index (χ3n) is 6.74. The summed E-state index contributed by atoms with van der Waals surface area (Å²) in [5.74, 6) is 0.522. The van der Waals surface area contributed by atoms with E-state index in [0.717, 1.165) is 53.0 Å². The lowest BCUT2D eigenvalue weighted by Crippen LogP contribution is -2.38. The first kappa shape index (κ1) is 23.5. The molecule has 1 saturated carbocycles. The number of anilines is 1. The number of aryl methyl sites for hydroxylation is 1. The predicted molar refractivity (Wildman–Crippen MR) is 145 cm³/mol. The summed E-state index contributed by atoms with van der Waals surface area (Å²) in [6.07, 6.45) is 3.97. The Morgan fingerprint density at radius 1 is 1.00 bits per heavy atom. The van der Waals surface area contributed by atoms with Crippen LogP contribution < -0.4 is 22.1 Å². The molecule has 1 fully saturated rings. The average molecular weight is 482 g/mol. The molecule has 4 aromatic rings. The number of nitrogens with two attached hydrogens (primary N) is 2. The summed E-state index contributed by atoms with van der Waals surface area (Å²) < 4.78 is 0. The molecule has 1 aliphatic rings. The van der Waals surface area contributed by atoms with Crippen LogP contribution in [0.1, 0.15) is 47.4 Å². The lowest BCUT2D eigenvalue weighted by molar-refractivity contribution is 0.0941. The van der Waals surface area contributed by atoms with Crippen LogP contribution >= 0.6 is 0 Å². The number of nitrogens with zero attached hydrogens (tertiary/aromatic N) is 3. The van der Waals surface area contributed by atoms with Crippen molar-refractivity contribution in [3.63, 3.8) is 0 Å². The Morgan fingerprint density at radius 3 is 2.67 bits per heavy atom. The van der Waals surface area contributed by atoms with E-state index in [-0.39, 0.29) is 29.8 Å². The van der Waals surface area contributed by atoms with Crippen LogP contribution in [0.25, 0.3) is 21.7 Å². The number of guanidine groups is 1. The zero-order valence-corrected chi connectivity index (χ0v) is 20.4. The summed E-state index contributed by atoms with van der Waals surface area (Å²) in [4.78, 5) is 26.9. The molecule has 8 nitrogen and oxygen atoms in total. The van der Waals surface area contributed by atoms with E-state index in [2.05, 4.69) is 43.8 Å². The quantitative estimate of drug-likeness (QED) is 0.243. The number of nitrogens with one attached hydrogen (secondary N) is 2. The van der Waals surface area contributed by atoms with Gasteiger partial charge in [-0.2, -0.15) is 0 Å². The van der Waals surface area contributed by atoms with Gasteiger partial charge in [-0.3, -0.25) is 4.79 Å². The van der Waals surface area contributed by atoms with Gasteiger partial charge in [-0.25, -0.2) is 15.0 Å². The molecular weight excluding hydrogens is 450 g/mol. The molecule has 1 amide bonds. The zero-order valence-electron chi connectivity index (χ0n) is 20.4. The monoisotopic (exact) mass is 481 g/mol. The lowest BCUT2D eigenvalue weighted by Gasteiger charge is -2.30. The minimum atomic E-state index is -0.321. The number of aromatic nitrogens is 2. The molecule has 1 aliphatic carbocycles. The molecule has 5 rings (SSSR count). The molecule has 3 aromatic carbocycles. The van der Waals surface area contributed by atoms with E-state index < -0.39 is 0 Å². The molecule has 0 aliphatic heterocycles. The molecule has 2 atom stereocenters. The van der Waals surface area contributed by atoms with Gasteiger partial charge >= 0.3 is 0 Å². The van der Waals surface area contributed by atoms with Crippen molar-refractivity contribution in [2.45, 2.75) is 51.2 Å². The molecule has 0 bridgehead atoms. The molecule has 1 aromatic heterocycles. The molecule has 6 N–H and O–H groups in total. The molecule has 0 saturated heterocycles. The smallest absolute Gasteiger partial charge is 0.289 e. The first-order valence-corrected chi connectivity index (χ1v) is 12.4. The summed E-state index contributed by atoms with van der Waals surface area (Å²) in [5, 5.41) is 9.67. The van der Waals surface area contributed by atoms with Crippen LogP contribution in [0.2, 0.25) is 0 Å². The Labute approximate surface area is 210 Å². The number of carbonyl (C=O) groups excluding carboxylic acids is 1. The minimum absolute atomic E-state index is 0.0195. The van der Waals surface area contributed by atoms with E-state index in [4.69, 9.17) is 11.5 Å².